The van der Waals surface area contributed by atoms with Crippen LogP contribution in [0.2, 0.25) is 15.1 Å². The van der Waals surface area contributed by atoms with Crippen molar-refractivity contribution in [2.45, 2.75) is 13.1 Å². The van der Waals surface area contributed by atoms with Crippen molar-refractivity contribution < 1.29 is 4.79 Å². The Morgan fingerprint density at radius 1 is 0.846 bits per heavy atom. The van der Waals surface area contributed by atoms with Gasteiger partial charge in [-0.3, -0.25) is 14.8 Å². The van der Waals surface area contributed by atoms with E-state index in [1.807, 2.05) is 24.3 Å². The summed E-state index contributed by atoms with van der Waals surface area (Å²) >= 11 is 19.9. The SMILES string of the molecule is O=C1NCc2c(-c3ccccc3Cl)cc(CN3CCN(c4cnccn4)CC3)cc2N1c1c(Cl)cccc1Cl. The third kappa shape index (κ3) is 5.15. The average Bonchev–Trinajstić information content (AvgIpc) is 2.95. The quantitative estimate of drug-likeness (QED) is 0.282. The largest absolute Gasteiger partial charge is 0.353 e. The topological polar surface area (TPSA) is 64.6 Å². The summed E-state index contributed by atoms with van der Waals surface area (Å²) in [5, 5.41) is 4.44. The van der Waals surface area contributed by atoms with Crippen molar-refractivity contribution in [2.24, 2.45) is 0 Å². The van der Waals surface area contributed by atoms with Crippen molar-refractivity contribution in [3.05, 3.63) is 99.4 Å². The first-order valence-electron chi connectivity index (χ1n) is 12.7. The molecule has 3 aromatic carbocycles. The fraction of sp³-hybridized carbons (Fsp3) is 0.207. The number of aromatic nitrogens is 2. The van der Waals surface area contributed by atoms with Gasteiger partial charge in [0, 0.05) is 67.8 Å². The smallest absolute Gasteiger partial charge is 0.326 e. The molecule has 39 heavy (non-hydrogen) atoms. The number of nitrogens with zero attached hydrogens (tertiary/aromatic N) is 5. The molecule has 3 heterocycles. The predicted molar refractivity (Wildman–Crippen MR) is 157 cm³/mol. The zero-order valence-electron chi connectivity index (χ0n) is 20.9. The van der Waals surface area contributed by atoms with Crippen molar-refractivity contribution in [1.29, 1.82) is 0 Å². The number of para-hydroxylation sites is 1. The van der Waals surface area contributed by atoms with Crippen LogP contribution in [0.3, 0.4) is 0 Å². The Morgan fingerprint density at radius 3 is 2.31 bits per heavy atom. The summed E-state index contributed by atoms with van der Waals surface area (Å²) in [5.41, 5.74) is 5.11. The summed E-state index contributed by atoms with van der Waals surface area (Å²) in [4.78, 5) is 28.2. The van der Waals surface area contributed by atoms with Crippen LogP contribution in [0.1, 0.15) is 11.1 Å². The van der Waals surface area contributed by atoms with E-state index in [9.17, 15) is 4.79 Å². The van der Waals surface area contributed by atoms with E-state index in [0.29, 0.717) is 33.8 Å². The molecule has 0 saturated carbocycles. The molecule has 6 rings (SSSR count). The number of carbonyl (C=O) groups is 1. The Labute approximate surface area is 241 Å². The van der Waals surface area contributed by atoms with Crippen LogP contribution in [0.4, 0.5) is 22.0 Å². The number of anilines is 3. The standard InChI is InChI=1S/C29H25Cl3N6O/c30-23-5-2-1-4-20(23)21-14-19(18-36-10-12-37(13-11-36)27-17-33-8-9-34-27)15-26-22(21)16-35-29(39)38(26)28-24(31)6-3-7-25(28)32/h1-9,14-15,17H,10-13,16,18H2,(H,35,39). The highest BCUT2D eigenvalue weighted by Gasteiger charge is 2.31. The summed E-state index contributed by atoms with van der Waals surface area (Å²) in [5.74, 6) is 0.894. The summed E-state index contributed by atoms with van der Waals surface area (Å²) in [7, 11) is 0. The van der Waals surface area contributed by atoms with Gasteiger partial charge in [-0.1, -0.05) is 59.1 Å². The van der Waals surface area contributed by atoms with Crippen molar-refractivity contribution in [1.82, 2.24) is 20.2 Å². The van der Waals surface area contributed by atoms with Gasteiger partial charge < -0.3 is 10.2 Å². The van der Waals surface area contributed by atoms with E-state index in [-0.39, 0.29) is 6.03 Å². The second-order valence-corrected chi connectivity index (χ2v) is 10.7. The minimum atomic E-state index is -0.280. The van der Waals surface area contributed by atoms with Gasteiger partial charge >= 0.3 is 6.03 Å². The van der Waals surface area contributed by atoms with Crippen LogP contribution in [0.15, 0.2) is 73.2 Å². The molecule has 1 N–H and O–H groups in total. The summed E-state index contributed by atoms with van der Waals surface area (Å²) in [6, 6.07) is 17.0. The fourth-order valence-electron chi connectivity index (χ4n) is 5.24. The lowest BCUT2D eigenvalue weighted by atomic mass is 9.93. The number of fused-ring (bicyclic) bond motifs is 1. The first kappa shape index (κ1) is 25.9. The van der Waals surface area contributed by atoms with Crippen LogP contribution < -0.4 is 15.1 Å². The van der Waals surface area contributed by atoms with Crippen molar-refractivity contribution in [2.75, 3.05) is 36.0 Å². The molecule has 2 amide bonds. The average molecular weight is 580 g/mol. The van der Waals surface area contributed by atoms with Crippen LogP contribution in [0.25, 0.3) is 11.1 Å². The monoisotopic (exact) mass is 578 g/mol. The molecule has 2 aliphatic rings. The number of carbonyl (C=O) groups excluding carboxylic acids is 1. The maximum atomic E-state index is 13.3. The molecule has 198 valence electrons. The molecule has 0 radical (unpaired) electrons. The van der Waals surface area contributed by atoms with Gasteiger partial charge in [0.15, 0.2) is 0 Å². The summed E-state index contributed by atoms with van der Waals surface area (Å²) in [6.07, 6.45) is 5.21. The highest BCUT2D eigenvalue weighted by atomic mass is 35.5. The number of hydrogen-bond donors (Lipinski definition) is 1. The Balaban J connectivity index is 1.39. The van der Waals surface area contributed by atoms with Gasteiger partial charge in [0.2, 0.25) is 0 Å². The number of nitrogens with one attached hydrogen (secondary N) is 1. The molecular formula is C29H25Cl3N6O. The molecule has 0 atom stereocenters. The number of benzene rings is 3. The maximum Gasteiger partial charge on any atom is 0.326 e. The first-order valence-corrected chi connectivity index (χ1v) is 13.8. The minimum absolute atomic E-state index is 0.280. The van der Waals surface area contributed by atoms with Crippen molar-refractivity contribution in [3.8, 4) is 11.1 Å². The lowest BCUT2D eigenvalue weighted by Gasteiger charge is -2.36. The van der Waals surface area contributed by atoms with Gasteiger partial charge in [-0.2, -0.15) is 0 Å². The number of urea groups is 1. The van der Waals surface area contributed by atoms with Gasteiger partial charge in [0.05, 0.1) is 27.6 Å². The van der Waals surface area contributed by atoms with E-state index < -0.39 is 0 Å². The fourth-order valence-corrected chi connectivity index (χ4v) is 6.04. The van der Waals surface area contributed by atoms with Crippen LogP contribution in [0, 0.1) is 0 Å². The van der Waals surface area contributed by atoms with Crippen molar-refractivity contribution >= 4 is 58.0 Å². The van der Waals surface area contributed by atoms with Crippen LogP contribution in [-0.4, -0.2) is 47.1 Å². The van der Waals surface area contributed by atoms with E-state index in [0.717, 1.165) is 59.9 Å². The Morgan fingerprint density at radius 2 is 1.59 bits per heavy atom. The molecule has 7 nitrogen and oxygen atoms in total. The van der Waals surface area contributed by atoms with E-state index >= 15 is 0 Å². The molecule has 0 aliphatic carbocycles. The van der Waals surface area contributed by atoms with Gasteiger partial charge in [0.25, 0.3) is 0 Å². The molecule has 0 spiro atoms. The maximum absolute atomic E-state index is 13.3. The molecular weight excluding hydrogens is 555 g/mol. The second-order valence-electron chi connectivity index (χ2n) is 9.51. The Kier molecular flexibility index (Phi) is 7.32. The predicted octanol–water partition coefficient (Wildman–Crippen LogP) is 6.79. The molecule has 1 aromatic heterocycles. The Bertz CT molecular complexity index is 1500. The lowest BCUT2D eigenvalue weighted by Crippen LogP contribution is -2.46. The first-order chi connectivity index (χ1) is 19.0. The zero-order chi connectivity index (χ0) is 26.9. The van der Waals surface area contributed by atoms with Gasteiger partial charge in [-0.05, 0) is 41.5 Å². The van der Waals surface area contributed by atoms with E-state index in [4.69, 9.17) is 34.8 Å². The van der Waals surface area contributed by atoms with E-state index in [1.165, 1.54) is 0 Å². The number of rotatable bonds is 5. The second kappa shape index (κ2) is 11.0. The molecule has 10 heteroatoms. The molecule has 4 aromatic rings. The highest BCUT2D eigenvalue weighted by Crippen LogP contribution is 2.44. The molecule has 0 unspecified atom stereocenters. The highest BCUT2D eigenvalue weighted by molar-refractivity contribution is 6.40. The van der Waals surface area contributed by atoms with E-state index in [1.54, 1.807) is 41.7 Å². The number of hydrogen-bond acceptors (Lipinski definition) is 5. The number of halogens is 3. The van der Waals surface area contributed by atoms with Crippen LogP contribution in [-0.2, 0) is 13.1 Å². The van der Waals surface area contributed by atoms with Crippen LogP contribution >= 0.6 is 34.8 Å². The molecule has 1 saturated heterocycles. The molecule has 0 bridgehead atoms. The Hall–Kier alpha value is -3.36. The zero-order valence-corrected chi connectivity index (χ0v) is 23.2. The third-order valence-corrected chi connectivity index (χ3v) is 8.06. The van der Waals surface area contributed by atoms with Crippen LogP contribution in [0.5, 0.6) is 0 Å². The van der Waals surface area contributed by atoms with Gasteiger partial charge in [0.1, 0.15) is 5.82 Å². The normalized spacial score (nSPS) is 15.7. The third-order valence-electron chi connectivity index (χ3n) is 7.12. The minimum Gasteiger partial charge on any atom is -0.353 e. The molecule has 1 fully saturated rings. The van der Waals surface area contributed by atoms with E-state index in [2.05, 4.69) is 37.2 Å². The number of amides is 2. The summed E-state index contributed by atoms with van der Waals surface area (Å²) in [6.45, 7) is 4.52. The van der Waals surface area contributed by atoms with Crippen molar-refractivity contribution in [3.63, 3.8) is 0 Å². The number of piperazine rings is 1. The lowest BCUT2D eigenvalue weighted by molar-refractivity contribution is 0.246. The van der Waals surface area contributed by atoms with Gasteiger partial charge in [-0.25, -0.2) is 9.78 Å². The van der Waals surface area contributed by atoms with Gasteiger partial charge in [-0.15, -0.1) is 0 Å². The molecule has 2 aliphatic heterocycles. The summed E-state index contributed by atoms with van der Waals surface area (Å²) < 4.78 is 0.